The number of nitrogens with zero attached hydrogens (tertiary/aromatic N) is 3. The number of carbonyl (C=O) groups excluding carboxylic acids is 1. The second-order valence-electron chi connectivity index (χ2n) is 7.20. The molecule has 1 fully saturated rings. The summed E-state index contributed by atoms with van der Waals surface area (Å²) in [6, 6.07) is 3.74. The number of methoxy groups -OCH3 is 2. The predicted molar refractivity (Wildman–Crippen MR) is 115 cm³/mol. The molecular weight excluding hydrogens is 404 g/mol. The zero-order valence-electron chi connectivity index (χ0n) is 17.2. The minimum Gasteiger partial charge on any atom is -0.473 e. The van der Waals surface area contributed by atoms with Crippen LogP contribution < -0.4 is 10.1 Å². The number of carbonyl (C=O) groups is 1. The third-order valence-corrected chi connectivity index (χ3v) is 6.49. The Hall–Kier alpha value is -2.78. The van der Waals surface area contributed by atoms with Crippen LogP contribution in [-0.2, 0) is 9.47 Å². The van der Waals surface area contributed by atoms with Crippen LogP contribution in [0.25, 0.3) is 10.2 Å². The molecule has 1 aliphatic carbocycles. The van der Waals surface area contributed by atoms with Gasteiger partial charge in [-0.3, -0.25) is 0 Å². The van der Waals surface area contributed by atoms with Crippen LogP contribution in [0.4, 0.5) is 11.5 Å². The molecule has 1 saturated carbocycles. The van der Waals surface area contributed by atoms with Gasteiger partial charge in [0.2, 0.25) is 5.88 Å². The predicted octanol–water partition coefficient (Wildman–Crippen LogP) is 4.26. The SMILES string of the molecule is COC(=O)c1sc2ncnc(Nc3cccnc3O[C@H]3CCC[C@H](OC)C3)c2c1C. The van der Waals surface area contributed by atoms with Crippen molar-refractivity contribution in [3.63, 3.8) is 0 Å². The van der Waals surface area contributed by atoms with Gasteiger partial charge in [-0.1, -0.05) is 0 Å². The number of esters is 1. The third-order valence-electron chi connectivity index (χ3n) is 5.31. The zero-order chi connectivity index (χ0) is 21.1. The number of rotatable bonds is 6. The van der Waals surface area contributed by atoms with E-state index in [1.807, 2.05) is 19.1 Å². The molecule has 0 radical (unpaired) electrons. The van der Waals surface area contributed by atoms with E-state index in [1.165, 1.54) is 24.8 Å². The summed E-state index contributed by atoms with van der Waals surface area (Å²) in [4.78, 5) is 26.5. The van der Waals surface area contributed by atoms with Crippen molar-refractivity contribution in [3.8, 4) is 5.88 Å². The molecule has 4 rings (SSSR count). The van der Waals surface area contributed by atoms with Crippen molar-refractivity contribution in [3.05, 3.63) is 35.1 Å². The van der Waals surface area contributed by atoms with Gasteiger partial charge in [0.1, 0.15) is 33.6 Å². The van der Waals surface area contributed by atoms with Gasteiger partial charge in [0, 0.05) is 19.7 Å². The van der Waals surface area contributed by atoms with Crippen LogP contribution in [0, 0.1) is 6.92 Å². The van der Waals surface area contributed by atoms with Crippen molar-refractivity contribution >= 4 is 39.0 Å². The van der Waals surface area contributed by atoms with Crippen LogP contribution in [0.3, 0.4) is 0 Å². The van der Waals surface area contributed by atoms with Gasteiger partial charge in [-0.25, -0.2) is 19.7 Å². The van der Waals surface area contributed by atoms with Crippen LogP contribution >= 0.6 is 11.3 Å². The molecule has 8 nitrogen and oxygen atoms in total. The number of hydrogen-bond acceptors (Lipinski definition) is 9. The van der Waals surface area contributed by atoms with Gasteiger partial charge >= 0.3 is 5.97 Å². The number of aryl methyl sites for hydroxylation is 1. The highest BCUT2D eigenvalue weighted by atomic mass is 32.1. The highest BCUT2D eigenvalue weighted by molar-refractivity contribution is 7.20. The van der Waals surface area contributed by atoms with Gasteiger partial charge in [0.25, 0.3) is 0 Å². The van der Waals surface area contributed by atoms with Crippen molar-refractivity contribution in [1.82, 2.24) is 15.0 Å². The minimum absolute atomic E-state index is 0.0541. The van der Waals surface area contributed by atoms with Crippen molar-refractivity contribution in [2.24, 2.45) is 0 Å². The Morgan fingerprint density at radius 2 is 2.03 bits per heavy atom. The monoisotopic (exact) mass is 428 g/mol. The Kier molecular flexibility index (Phi) is 6.10. The van der Waals surface area contributed by atoms with Crippen molar-refractivity contribution in [2.75, 3.05) is 19.5 Å². The summed E-state index contributed by atoms with van der Waals surface area (Å²) in [7, 11) is 3.11. The number of thiophene rings is 1. The lowest BCUT2D eigenvalue weighted by molar-refractivity contribution is 0.0197. The minimum atomic E-state index is -0.378. The topological polar surface area (TPSA) is 95.5 Å². The summed E-state index contributed by atoms with van der Waals surface area (Å²) in [5.74, 6) is 0.740. The van der Waals surface area contributed by atoms with Crippen molar-refractivity contribution in [1.29, 1.82) is 0 Å². The van der Waals surface area contributed by atoms with E-state index in [0.29, 0.717) is 27.1 Å². The van der Waals surface area contributed by atoms with E-state index in [4.69, 9.17) is 14.2 Å². The van der Waals surface area contributed by atoms with Gasteiger partial charge in [-0.05, 0) is 43.9 Å². The summed E-state index contributed by atoms with van der Waals surface area (Å²) >= 11 is 1.29. The standard InChI is InChI=1S/C21H24N4O4S/c1-12-16-18(23-11-24-20(16)30-17(12)21(26)28-3)25-15-8-5-9-22-19(15)29-14-7-4-6-13(10-14)27-2/h5,8-9,11,13-14H,4,6-7,10H2,1-3H3,(H,23,24,25)/t13-,14-/m0/s1. The Balaban J connectivity index is 1.63. The average Bonchev–Trinajstić information content (AvgIpc) is 3.12. The van der Waals surface area contributed by atoms with Gasteiger partial charge in [0.15, 0.2) is 0 Å². The zero-order valence-corrected chi connectivity index (χ0v) is 18.0. The molecule has 158 valence electrons. The quantitative estimate of drug-likeness (QED) is 0.582. The maximum Gasteiger partial charge on any atom is 0.348 e. The van der Waals surface area contributed by atoms with Crippen LogP contribution in [0.2, 0.25) is 0 Å². The van der Waals surface area contributed by atoms with Crippen molar-refractivity contribution in [2.45, 2.75) is 44.8 Å². The number of fused-ring (bicyclic) bond motifs is 1. The van der Waals surface area contributed by atoms with Gasteiger partial charge in [0.05, 0.1) is 18.6 Å². The number of hydrogen-bond donors (Lipinski definition) is 1. The third kappa shape index (κ3) is 4.08. The van der Waals surface area contributed by atoms with E-state index in [9.17, 15) is 4.79 Å². The van der Waals surface area contributed by atoms with Gasteiger partial charge in [-0.15, -0.1) is 11.3 Å². The van der Waals surface area contributed by atoms with Crippen molar-refractivity contribution < 1.29 is 19.0 Å². The fourth-order valence-electron chi connectivity index (χ4n) is 3.74. The van der Waals surface area contributed by atoms with E-state index in [2.05, 4.69) is 20.3 Å². The first-order chi connectivity index (χ1) is 14.6. The fourth-order valence-corrected chi connectivity index (χ4v) is 4.81. The molecule has 30 heavy (non-hydrogen) atoms. The van der Waals surface area contributed by atoms with E-state index >= 15 is 0 Å². The molecule has 3 aromatic rings. The second kappa shape index (κ2) is 8.93. The number of aromatic nitrogens is 3. The summed E-state index contributed by atoms with van der Waals surface area (Å²) in [5.41, 5.74) is 1.49. The molecule has 0 unspecified atom stereocenters. The molecule has 0 bridgehead atoms. The highest BCUT2D eigenvalue weighted by Crippen LogP contribution is 2.36. The molecule has 0 saturated heterocycles. The average molecular weight is 429 g/mol. The second-order valence-corrected chi connectivity index (χ2v) is 8.19. The van der Waals surface area contributed by atoms with E-state index in [1.54, 1.807) is 13.3 Å². The Labute approximate surface area is 178 Å². The molecule has 9 heteroatoms. The molecule has 2 atom stereocenters. The van der Waals surface area contributed by atoms with Gasteiger partial charge in [-0.2, -0.15) is 0 Å². The maximum absolute atomic E-state index is 12.1. The summed E-state index contributed by atoms with van der Waals surface area (Å²) < 4.78 is 16.6. The Morgan fingerprint density at radius 1 is 1.20 bits per heavy atom. The van der Waals surface area contributed by atoms with E-state index in [0.717, 1.165) is 36.6 Å². The van der Waals surface area contributed by atoms with E-state index in [-0.39, 0.29) is 18.2 Å². The van der Waals surface area contributed by atoms with Crippen LogP contribution in [0.1, 0.15) is 40.9 Å². The largest absolute Gasteiger partial charge is 0.473 e. The molecule has 3 aromatic heterocycles. The number of nitrogens with one attached hydrogen (secondary N) is 1. The summed E-state index contributed by atoms with van der Waals surface area (Å²) in [6.07, 6.45) is 7.39. The lowest BCUT2D eigenvalue weighted by atomic mass is 9.95. The fraction of sp³-hybridized carbons (Fsp3) is 0.429. The Bertz CT molecular complexity index is 1050. The smallest absolute Gasteiger partial charge is 0.348 e. The maximum atomic E-state index is 12.1. The number of ether oxygens (including phenoxy) is 3. The molecule has 0 aliphatic heterocycles. The molecule has 0 aromatic carbocycles. The number of anilines is 2. The molecular formula is C21H24N4O4S. The van der Waals surface area contributed by atoms with Gasteiger partial charge < -0.3 is 19.5 Å². The molecule has 1 N–H and O–H groups in total. The van der Waals surface area contributed by atoms with Crippen LogP contribution in [0.15, 0.2) is 24.7 Å². The molecule has 1 aliphatic rings. The molecule has 0 amide bonds. The molecule has 3 heterocycles. The lowest BCUT2D eigenvalue weighted by Crippen LogP contribution is -2.29. The number of pyridine rings is 1. The molecule has 0 spiro atoms. The Morgan fingerprint density at radius 3 is 2.83 bits per heavy atom. The first kappa shape index (κ1) is 20.5. The summed E-state index contributed by atoms with van der Waals surface area (Å²) in [5, 5.41) is 4.11. The lowest BCUT2D eigenvalue weighted by Gasteiger charge is -2.28. The highest BCUT2D eigenvalue weighted by Gasteiger charge is 2.25. The normalized spacial score (nSPS) is 18.9. The summed E-state index contributed by atoms with van der Waals surface area (Å²) in [6.45, 7) is 1.87. The van der Waals surface area contributed by atoms with Crippen LogP contribution in [0.5, 0.6) is 5.88 Å². The van der Waals surface area contributed by atoms with E-state index < -0.39 is 0 Å². The van der Waals surface area contributed by atoms with Crippen LogP contribution in [-0.4, -0.2) is 47.3 Å². The first-order valence-electron chi connectivity index (χ1n) is 9.84. The first-order valence-corrected chi connectivity index (χ1v) is 10.7.